The van der Waals surface area contributed by atoms with Crippen LogP contribution in [-0.2, 0) is 25.0 Å². The Labute approximate surface area is 254 Å². The van der Waals surface area contributed by atoms with Gasteiger partial charge in [-0.25, -0.2) is 8.42 Å². The fraction of sp³-hybridized carbons (Fsp3) is 0.483. The van der Waals surface area contributed by atoms with E-state index in [1.165, 1.54) is 6.07 Å². The molecule has 1 saturated heterocycles. The summed E-state index contributed by atoms with van der Waals surface area (Å²) in [6.45, 7) is 7.03. The topological polar surface area (TPSA) is 171 Å². The van der Waals surface area contributed by atoms with Crippen LogP contribution in [0, 0.1) is 0 Å². The maximum atomic E-state index is 13.6. The third-order valence-corrected chi connectivity index (χ3v) is 8.92. The van der Waals surface area contributed by atoms with Crippen LogP contribution in [-0.4, -0.2) is 86.5 Å². The molecule has 0 aromatic heterocycles. The summed E-state index contributed by atoms with van der Waals surface area (Å²) >= 11 is 0. The predicted molar refractivity (Wildman–Crippen MR) is 166 cm³/mol. The van der Waals surface area contributed by atoms with E-state index < -0.39 is 27.4 Å². The van der Waals surface area contributed by atoms with Crippen molar-refractivity contribution in [2.24, 2.45) is 16.5 Å². The number of piperazine rings is 1. The van der Waals surface area contributed by atoms with Gasteiger partial charge in [0.05, 0.1) is 4.90 Å². The highest BCUT2D eigenvalue weighted by atomic mass is 35.5. The number of carbonyl (C=O) groups excluding carboxylic acids is 1. The number of rotatable bonds is 14. The summed E-state index contributed by atoms with van der Waals surface area (Å²) in [5.41, 5.74) is 12.3. The third-order valence-electron chi connectivity index (χ3n) is 7.45. The van der Waals surface area contributed by atoms with E-state index in [9.17, 15) is 18.0 Å². The van der Waals surface area contributed by atoms with Crippen LogP contribution in [0.2, 0.25) is 0 Å². The number of nitrogens with one attached hydrogen (secondary N) is 1. The molecule has 232 valence electrons. The number of sulfonamides is 1. The van der Waals surface area contributed by atoms with Gasteiger partial charge in [-0.15, -0.1) is 12.4 Å². The first-order chi connectivity index (χ1) is 19.4. The molecule has 42 heavy (non-hydrogen) atoms. The van der Waals surface area contributed by atoms with Gasteiger partial charge in [-0.05, 0) is 49.1 Å². The first-order valence-electron chi connectivity index (χ1n) is 13.9. The van der Waals surface area contributed by atoms with Gasteiger partial charge in [0.1, 0.15) is 6.04 Å². The normalized spacial score (nSPS) is 15.0. The van der Waals surface area contributed by atoms with Gasteiger partial charge < -0.3 is 21.5 Å². The number of halogens is 1. The molecule has 6 N–H and O–H groups in total. The van der Waals surface area contributed by atoms with Crippen molar-refractivity contribution in [3.63, 3.8) is 0 Å². The summed E-state index contributed by atoms with van der Waals surface area (Å²) in [5.74, 6) is -1.20. The molecule has 0 aliphatic carbocycles. The van der Waals surface area contributed by atoms with Crippen molar-refractivity contribution in [1.82, 2.24) is 14.5 Å². The zero-order valence-corrected chi connectivity index (χ0v) is 25.9. The number of aliphatic imine (C=N–C) groups is 1. The molecule has 13 heteroatoms. The third kappa shape index (κ3) is 9.97. The maximum Gasteiger partial charge on any atom is 0.303 e. The average molecular weight is 623 g/mol. The molecular weight excluding hydrogens is 580 g/mol. The fourth-order valence-corrected chi connectivity index (χ4v) is 6.20. The Balaban J connectivity index is 0.00000616. The zero-order valence-electron chi connectivity index (χ0n) is 24.2. The molecule has 0 unspecified atom stereocenters. The van der Waals surface area contributed by atoms with Gasteiger partial charge in [-0.1, -0.05) is 56.3 Å². The van der Waals surface area contributed by atoms with E-state index in [-0.39, 0.29) is 48.6 Å². The Morgan fingerprint density at radius 3 is 2.26 bits per heavy atom. The number of carbonyl (C=O) groups is 2. The maximum absolute atomic E-state index is 13.6. The summed E-state index contributed by atoms with van der Waals surface area (Å²) in [4.78, 5) is 32.2. The minimum atomic E-state index is -4.04. The highest BCUT2D eigenvalue weighted by Gasteiger charge is 2.32. The Morgan fingerprint density at radius 1 is 1.00 bits per heavy atom. The number of amides is 1. The summed E-state index contributed by atoms with van der Waals surface area (Å²) in [6.07, 6.45) is 1.27. The second kappa shape index (κ2) is 15.9. The minimum absolute atomic E-state index is 0. The molecule has 3 rings (SSSR count). The van der Waals surface area contributed by atoms with Crippen LogP contribution in [0.1, 0.15) is 50.7 Å². The molecule has 2 aromatic rings. The molecule has 2 aromatic carbocycles. The molecule has 1 fully saturated rings. The van der Waals surface area contributed by atoms with Crippen molar-refractivity contribution in [3.8, 4) is 0 Å². The molecule has 1 heterocycles. The lowest BCUT2D eigenvalue weighted by Crippen LogP contribution is -2.55. The molecule has 0 saturated carbocycles. The number of hydrogen-bond donors (Lipinski definition) is 4. The van der Waals surface area contributed by atoms with E-state index >= 15 is 0 Å². The first kappa shape index (κ1) is 35.0. The molecule has 1 amide bonds. The van der Waals surface area contributed by atoms with Gasteiger partial charge in [-0.3, -0.25) is 19.5 Å². The number of nitrogens with zero attached hydrogens (tertiary/aromatic N) is 3. The van der Waals surface area contributed by atoms with E-state index in [4.69, 9.17) is 16.6 Å². The average Bonchev–Trinajstić information content (AvgIpc) is 2.95. The summed E-state index contributed by atoms with van der Waals surface area (Å²) in [6, 6.07) is 15.7. The van der Waals surface area contributed by atoms with Crippen molar-refractivity contribution in [3.05, 3.63) is 65.7 Å². The van der Waals surface area contributed by atoms with E-state index in [2.05, 4.69) is 14.6 Å². The summed E-state index contributed by atoms with van der Waals surface area (Å²) < 4.78 is 29.9. The van der Waals surface area contributed by atoms with Crippen LogP contribution >= 0.6 is 12.4 Å². The fourth-order valence-electron chi connectivity index (χ4n) is 4.93. The molecule has 11 nitrogen and oxygen atoms in total. The lowest BCUT2D eigenvalue weighted by molar-refractivity contribution is -0.137. The van der Waals surface area contributed by atoms with Crippen molar-refractivity contribution < 1.29 is 23.1 Å². The van der Waals surface area contributed by atoms with Crippen molar-refractivity contribution in [1.29, 1.82) is 0 Å². The van der Waals surface area contributed by atoms with Crippen molar-refractivity contribution in [2.45, 2.75) is 55.9 Å². The first-order valence-corrected chi connectivity index (χ1v) is 15.3. The number of benzene rings is 2. The van der Waals surface area contributed by atoms with Gasteiger partial charge in [0.2, 0.25) is 15.9 Å². The van der Waals surface area contributed by atoms with Gasteiger partial charge in [0.25, 0.3) is 0 Å². The Morgan fingerprint density at radius 2 is 1.64 bits per heavy atom. The predicted octanol–water partition coefficient (Wildman–Crippen LogP) is 2.14. The van der Waals surface area contributed by atoms with E-state index in [0.717, 1.165) is 11.1 Å². The Bertz CT molecular complexity index is 1310. The molecule has 1 aliphatic rings. The monoisotopic (exact) mass is 622 g/mol. The van der Waals surface area contributed by atoms with Crippen molar-refractivity contribution >= 4 is 40.3 Å². The molecule has 1 atom stereocenters. The number of carboxylic acids is 1. The van der Waals surface area contributed by atoms with Gasteiger partial charge in [0.15, 0.2) is 5.96 Å². The highest BCUT2D eigenvalue weighted by Crippen LogP contribution is 2.32. The molecule has 0 radical (unpaired) electrons. The zero-order chi connectivity index (χ0) is 30.0. The van der Waals surface area contributed by atoms with Crippen LogP contribution in [0.25, 0.3) is 0 Å². The summed E-state index contributed by atoms with van der Waals surface area (Å²) in [7, 11) is -4.04. The molecule has 1 aliphatic heterocycles. The highest BCUT2D eigenvalue weighted by molar-refractivity contribution is 7.89. The minimum Gasteiger partial charge on any atom is -0.481 e. The van der Waals surface area contributed by atoms with Crippen LogP contribution in [0.5, 0.6) is 0 Å². The number of aliphatic carboxylic acids is 1. The van der Waals surface area contributed by atoms with Crippen LogP contribution in [0.15, 0.2) is 64.5 Å². The molecular formula is C29H43ClN6O5S. The van der Waals surface area contributed by atoms with Gasteiger partial charge >= 0.3 is 5.97 Å². The van der Waals surface area contributed by atoms with E-state index in [0.29, 0.717) is 45.6 Å². The van der Waals surface area contributed by atoms with Crippen LogP contribution in [0.3, 0.4) is 0 Å². The lowest BCUT2D eigenvalue weighted by atomic mass is 9.78. The van der Waals surface area contributed by atoms with Gasteiger partial charge in [-0.2, -0.15) is 4.72 Å². The van der Waals surface area contributed by atoms with Gasteiger partial charge in [0, 0.05) is 44.6 Å². The second-order valence-corrected chi connectivity index (χ2v) is 12.5. The second-order valence-electron chi connectivity index (χ2n) is 10.8. The smallest absolute Gasteiger partial charge is 0.303 e. The summed E-state index contributed by atoms with van der Waals surface area (Å²) in [5, 5.41) is 8.87. The van der Waals surface area contributed by atoms with Crippen LogP contribution in [0.4, 0.5) is 0 Å². The SMILES string of the molecule is CC(C)(c1ccccc1)c1cccc(S(=O)(=O)N[C@@H](CCCN=C(N)N)C(=O)N2CCN(CCCC(=O)O)CC2)c1.Cl. The largest absolute Gasteiger partial charge is 0.481 e. The molecule has 0 spiro atoms. The number of carboxylic acid groups (broad SMARTS) is 1. The van der Waals surface area contributed by atoms with Crippen LogP contribution < -0.4 is 16.2 Å². The molecule has 0 bridgehead atoms. The standard InChI is InChI=1S/C29H42N6O5S.ClH/c1-29(2,22-9-4-3-5-10-22)23-11-6-12-24(21-23)41(39,40)33-25(13-7-15-32-28(30)31)27(38)35-19-17-34(18-20-35)16-8-14-26(36)37;/h3-6,9-12,21,25,33H,7-8,13-20H2,1-2H3,(H,36,37)(H4,30,31,32);1H/t25-;/m0./s1. The number of nitrogens with two attached hydrogens (primary N) is 2. The van der Waals surface area contributed by atoms with E-state index in [1.807, 2.05) is 50.2 Å². The Hall–Kier alpha value is -3.19. The quantitative estimate of drug-likeness (QED) is 0.141. The van der Waals surface area contributed by atoms with E-state index in [1.54, 1.807) is 17.0 Å². The van der Waals surface area contributed by atoms with Crippen molar-refractivity contribution in [2.75, 3.05) is 39.3 Å². The Kier molecular flexibility index (Phi) is 13.2. The number of guanidine groups is 1. The number of hydrogen-bond acceptors (Lipinski definition) is 6. The lowest BCUT2D eigenvalue weighted by Gasteiger charge is -2.36.